The summed E-state index contributed by atoms with van der Waals surface area (Å²) in [6, 6.07) is 7.50. The molecule has 0 bridgehead atoms. The summed E-state index contributed by atoms with van der Waals surface area (Å²) in [5.74, 6) is -0.120. The van der Waals surface area contributed by atoms with Gasteiger partial charge in [0.25, 0.3) is 5.91 Å². The molecule has 0 unspecified atom stereocenters. The van der Waals surface area contributed by atoms with Gasteiger partial charge in [0.1, 0.15) is 5.15 Å². The molecule has 1 aromatic carbocycles. The Balaban J connectivity index is 2.36. The molecule has 0 saturated carbocycles. The van der Waals surface area contributed by atoms with Crippen LogP contribution in [-0.2, 0) is 6.54 Å². The summed E-state index contributed by atoms with van der Waals surface area (Å²) in [5.41, 5.74) is 1.98. The highest BCUT2D eigenvalue weighted by Gasteiger charge is 2.22. The first-order chi connectivity index (χ1) is 9.95. The Morgan fingerprint density at radius 3 is 2.62 bits per heavy atom. The molecule has 2 rings (SSSR count). The molecule has 0 aliphatic carbocycles. The lowest BCUT2D eigenvalue weighted by Gasteiger charge is -2.14. The molecule has 0 fully saturated rings. The number of aryl methyl sites for hydroxylation is 1. The zero-order valence-electron chi connectivity index (χ0n) is 12.2. The third-order valence-electron chi connectivity index (χ3n) is 3.38. The van der Waals surface area contributed by atoms with Crippen LogP contribution in [0.4, 0.5) is 0 Å². The predicted octanol–water partition coefficient (Wildman–Crippen LogP) is 3.64. The number of nitrogens with zero attached hydrogens (tertiary/aromatic N) is 3. The average Bonchev–Trinajstić information content (AvgIpc) is 2.74. The Kier molecular flexibility index (Phi) is 4.91. The van der Waals surface area contributed by atoms with Crippen molar-refractivity contribution in [2.75, 3.05) is 13.6 Å². The fourth-order valence-electron chi connectivity index (χ4n) is 2.02. The number of benzene rings is 1. The van der Waals surface area contributed by atoms with Gasteiger partial charge in [-0.1, -0.05) is 41.4 Å². The van der Waals surface area contributed by atoms with Gasteiger partial charge in [-0.25, -0.2) is 4.68 Å². The van der Waals surface area contributed by atoms with Crippen LogP contribution in [0.5, 0.6) is 0 Å². The Labute approximate surface area is 134 Å². The molecule has 1 heterocycles. The smallest absolute Gasteiger partial charge is 0.258 e. The summed E-state index contributed by atoms with van der Waals surface area (Å²) in [4.78, 5) is 13.9. The maximum Gasteiger partial charge on any atom is 0.258 e. The fraction of sp³-hybridized carbons (Fsp3) is 0.333. The van der Waals surface area contributed by atoms with Crippen molar-refractivity contribution in [1.29, 1.82) is 0 Å². The van der Waals surface area contributed by atoms with Gasteiger partial charge >= 0.3 is 0 Å². The monoisotopic (exact) mass is 325 g/mol. The Morgan fingerprint density at radius 2 is 2.00 bits per heavy atom. The van der Waals surface area contributed by atoms with Crippen molar-refractivity contribution < 1.29 is 4.79 Å². The van der Waals surface area contributed by atoms with Crippen LogP contribution in [-0.4, -0.2) is 34.2 Å². The van der Waals surface area contributed by atoms with E-state index in [0.29, 0.717) is 34.5 Å². The minimum Gasteiger partial charge on any atom is -0.342 e. The normalized spacial score (nSPS) is 10.7. The van der Waals surface area contributed by atoms with Crippen molar-refractivity contribution in [3.05, 3.63) is 51.3 Å². The lowest BCUT2D eigenvalue weighted by molar-refractivity contribution is 0.0802. The van der Waals surface area contributed by atoms with E-state index in [1.165, 1.54) is 0 Å². The first kappa shape index (κ1) is 15.9. The highest BCUT2D eigenvalue weighted by Crippen LogP contribution is 2.24. The Hall–Kier alpha value is -1.52. The average molecular weight is 326 g/mol. The molecule has 4 nitrogen and oxygen atoms in total. The second-order valence-electron chi connectivity index (χ2n) is 4.82. The van der Waals surface area contributed by atoms with Crippen LogP contribution in [0.3, 0.4) is 0 Å². The van der Waals surface area contributed by atoms with Gasteiger partial charge in [0, 0.05) is 18.6 Å². The van der Waals surface area contributed by atoms with E-state index in [4.69, 9.17) is 23.2 Å². The van der Waals surface area contributed by atoms with E-state index in [2.05, 4.69) is 5.10 Å². The summed E-state index contributed by atoms with van der Waals surface area (Å²) in [7, 11) is 1.74. The second kappa shape index (κ2) is 6.50. The summed E-state index contributed by atoms with van der Waals surface area (Å²) in [6.07, 6.45) is 0. The highest BCUT2D eigenvalue weighted by molar-refractivity contribution is 6.33. The zero-order chi connectivity index (χ0) is 15.6. The molecular formula is C15H17Cl2N3O. The molecule has 0 saturated heterocycles. The number of carbonyl (C=O) groups is 1. The lowest BCUT2D eigenvalue weighted by Crippen LogP contribution is -2.26. The molecule has 112 valence electrons. The van der Waals surface area contributed by atoms with Crippen molar-refractivity contribution in [3.8, 4) is 0 Å². The van der Waals surface area contributed by atoms with E-state index >= 15 is 0 Å². The number of aromatic nitrogens is 2. The number of hydrogen-bond acceptors (Lipinski definition) is 2. The minimum atomic E-state index is -0.120. The zero-order valence-corrected chi connectivity index (χ0v) is 13.7. The molecule has 1 amide bonds. The van der Waals surface area contributed by atoms with Crippen molar-refractivity contribution >= 4 is 29.1 Å². The lowest BCUT2D eigenvalue weighted by atomic mass is 10.2. The van der Waals surface area contributed by atoms with E-state index in [1.807, 2.05) is 31.2 Å². The maximum absolute atomic E-state index is 12.3. The van der Waals surface area contributed by atoms with Crippen LogP contribution in [0.2, 0.25) is 10.2 Å². The number of amides is 1. The van der Waals surface area contributed by atoms with E-state index in [9.17, 15) is 4.79 Å². The SMILES string of the molecule is CCN(C)C(=O)c1c(C)nn(Cc2ccccc2Cl)c1Cl. The number of rotatable bonds is 4. The second-order valence-corrected chi connectivity index (χ2v) is 5.58. The molecule has 21 heavy (non-hydrogen) atoms. The van der Waals surface area contributed by atoms with Crippen molar-refractivity contribution in [1.82, 2.24) is 14.7 Å². The number of carbonyl (C=O) groups excluding carboxylic acids is 1. The van der Waals surface area contributed by atoms with Gasteiger partial charge in [0.2, 0.25) is 0 Å². The molecule has 0 N–H and O–H groups in total. The molecule has 0 aliphatic rings. The van der Waals surface area contributed by atoms with E-state index in [1.54, 1.807) is 23.6 Å². The summed E-state index contributed by atoms with van der Waals surface area (Å²) in [6.45, 7) is 4.74. The number of hydrogen-bond donors (Lipinski definition) is 0. The molecule has 0 aliphatic heterocycles. The van der Waals surface area contributed by atoms with Crippen molar-refractivity contribution in [3.63, 3.8) is 0 Å². The van der Waals surface area contributed by atoms with E-state index in [-0.39, 0.29) is 5.91 Å². The van der Waals surface area contributed by atoms with Gasteiger partial charge in [-0.2, -0.15) is 5.10 Å². The summed E-state index contributed by atoms with van der Waals surface area (Å²) >= 11 is 12.5. The predicted molar refractivity (Wildman–Crippen MR) is 85.2 cm³/mol. The third kappa shape index (κ3) is 3.22. The first-order valence-corrected chi connectivity index (χ1v) is 7.43. The molecule has 1 aromatic heterocycles. The van der Waals surface area contributed by atoms with Crippen LogP contribution < -0.4 is 0 Å². The standard InChI is InChI=1S/C15H17Cl2N3O/c1-4-19(3)15(21)13-10(2)18-20(14(13)17)9-11-7-5-6-8-12(11)16/h5-8H,4,9H2,1-3H3. The molecule has 0 radical (unpaired) electrons. The summed E-state index contributed by atoms with van der Waals surface area (Å²) in [5, 5.41) is 5.36. The highest BCUT2D eigenvalue weighted by atomic mass is 35.5. The van der Waals surface area contributed by atoms with Gasteiger partial charge < -0.3 is 4.90 Å². The van der Waals surface area contributed by atoms with Gasteiger partial charge in [0.05, 0.1) is 17.8 Å². The van der Waals surface area contributed by atoms with Gasteiger partial charge in [-0.15, -0.1) is 0 Å². The summed E-state index contributed by atoms with van der Waals surface area (Å²) < 4.78 is 1.61. The van der Waals surface area contributed by atoms with Crippen molar-refractivity contribution in [2.45, 2.75) is 20.4 Å². The van der Waals surface area contributed by atoms with Gasteiger partial charge in [-0.05, 0) is 25.5 Å². The largest absolute Gasteiger partial charge is 0.342 e. The van der Waals surface area contributed by atoms with Gasteiger partial charge in [0.15, 0.2) is 0 Å². The third-order valence-corrected chi connectivity index (χ3v) is 4.13. The molecule has 6 heteroatoms. The van der Waals surface area contributed by atoms with Crippen molar-refractivity contribution in [2.24, 2.45) is 0 Å². The van der Waals surface area contributed by atoms with Crippen LogP contribution >= 0.6 is 23.2 Å². The van der Waals surface area contributed by atoms with Crippen LogP contribution in [0.15, 0.2) is 24.3 Å². The van der Waals surface area contributed by atoms with Crippen LogP contribution in [0, 0.1) is 6.92 Å². The molecule has 0 atom stereocenters. The van der Waals surface area contributed by atoms with E-state index < -0.39 is 0 Å². The fourth-order valence-corrected chi connectivity index (χ4v) is 2.53. The minimum absolute atomic E-state index is 0.120. The maximum atomic E-state index is 12.3. The quantitative estimate of drug-likeness (QED) is 0.860. The van der Waals surface area contributed by atoms with Crippen LogP contribution in [0.25, 0.3) is 0 Å². The Bertz CT molecular complexity index is 667. The van der Waals surface area contributed by atoms with E-state index in [0.717, 1.165) is 5.56 Å². The van der Waals surface area contributed by atoms with Crippen LogP contribution in [0.1, 0.15) is 28.5 Å². The van der Waals surface area contributed by atoms with Gasteiger partial charge in [-0.3, -0.25) is 4.79 Å². The first-order valence-electron chi connectivity index (χ1n) is 6.67. The molecular weight excluding hydrogens is 309 g/mol. The molecule has 2 aromatic rings. The molecule has 0 spiro atoms. The topological polar surface area (TPSA) is 38.1 Å². The Morgan fingerprint density at radius 1 is 1.33 bits per heavy atom. The number of halogens is 2.